The number of carboxylic acid groups (broad SMARTS) is 1. The smallest absolute Gasteiger partial charge is 0.346 e. The molecule has 10 rings (SSSR count). The number of para-hydroxylation sites is 4. The van der Waals surface area contributed by atoms with Crippen LogP contribution in [0.1, 0.15) is 4.88 Å². The highest BCUT2D eigenvalue weighted by Gasteiger charge is 2.21. The minimum absolute atomic E-state index is 0.287. The van der Waals surface area contributed by atoms with Crippen molar-refractivity contribution >= 4 is 91.5 Å². The summed E-state index contributed by atoms with van der Waals surface area (Å²) in [5.74, 6) is -1.23. The van der Waals surface area contributed by atoms with E-state index in [9.17, 15) is 15.2 Å². The highest BCUT2D eigenvalue weighted by Crippen LogP contribution is 2.50. The van der Waals surface area contributed by atoms with Crippen LogP contribution < -0.4 is 9.80 Å². The molecule has 1 N–H and O–H groups in total. The number of nitrogens with zero attached hydrogens (tertiary/aromatic N) is 3. The molecular weight excluding hydrogens is 875 g/mol. The molecule has 4 heterocycles. The van der Waals surface area contributed by atoms with E-state index in [1.165, 1.54) is 36.9 Å². The van der Waals surface area contributed by atoms with Crippen molar-refractivity contribution in [2.75, 3.05) is 9.80 Å². The van der Waals surface area contributed by atoms with Gasteiger partial charge in [0, 0.05) is 73.8 Å². The molecule has 0 aliphatic carbocycles. The van der Waals surface area contributed by atoms with Crippen LogP contribution in [0.2, 0.25) is 0 Å². The summed E-state index contributed by atoms with van der Waals surface area (Å²) in [5, 5.41) is 18.9. The maximum absolute atomic E-state index is 11.6. The maximum atomic E-state index is 11.6. The quantitative estimate of drug-likeness (QED) is 0.0922. The lowest BCUT2D eigenvalue weighted by atomic mass is 10.1. The van der Waals surface area contributed by atoms with E-state index in [2.05, 4.69) is 186 Å². The summed E-state index contributed by atoms with van der Waals surface area (Å²) in [6.07, 6.45) is 1.44. The van der Waals surface area contributed by atoms with Gasteiger partial charge in [-0.15, -0.1) is 45.3 Å². The van der Waals surface area contributed by atoms with Crippen LogP contribution in [-0.4, -0.2) is 11.1 Å². The summed E-state index contributed by atoms with van der Waals surface area (Å²) in [5.41, 5.74) is 9.69. The van der Waals surface area contributed by atoms with Gasteiger partial charge in [0.2, 0.25) is 0 Å². The van der Waals surface area contributed by atoms with Crippen LogP contribution in [0.4, 0.5) is 34.1 Å². The predicted molar refractivity (Wildman–Crippen MR) is 276 cm³/mol. The first-order chi connectivity index (χ1) is 32.0. The van der Waals surface area contributed by atoms with Gasteiger partial charge < -0.3 is 14.9 Å². The fourth-order valence-corrected chi connectivity index (χ4v) is 12.2. The first-order valence-electron chi connectivity index (χ1n) is 20.8. The molecule has 0 spiro atoms. The summed E-state index contributed by atoms with van der Waals surface area (Å²) in [4.78, 5) is 24.8. The number of aliphatic carboxylic acids is 1. The Hall–Kier alpha value is -7.58. The fourth-order valence-electron chi connectivity index (χ4n) is 7.73. The molecule has 4 aromatic heterocycles. The monoisotopic (exact) mass is 911 g/mol. The third kappa shape index (κ3) is 8.85. The normalized spacial score (nSPS) is 11.3. The molecule has 312 valence electrons. The van der Waals surface area contributed by atoms with Crippen molar-refractivity contribution in [3.8, 4) is 56.9 Å². The Morgan fingerprint density at radius 1 is 0.431 bits per heavy atom. The van der Waals surface area contributed by atoms with Gasteiger partial charge in [0.1, 0.15) is 11.6 Å². The van der Waals surface area contributed by atoms with E-state index in [-0.39, 0.29) is 5.57 Å². The van der Waals surface area contributed by atoms with Gasteiger partial charge in [-0.2, -0.15) is 5.26 Å². The zero-order chi connectivity index (χ0) is 44.1. The van der Waals surface area contributed by atoms with E-state index in [1.807, 2.05) is 36.4 Å². The molecule has 0 saturated heterocycles. The van der Waals surface area contributed by atoms with Crippen LogP contribution in [0.5, 0.6) is 0 Å². The molecule has 0 amide bonds. The summed E-state index contributed by atoms with van der Waals surface area (Å²) in [6.45, 7) is 0. The lowest BCUT2D eigenvalue weighted by molar-refractivity contribution is -0.132. The maximum Gasteiger partial charge on any atom is 0.346 e. The number of carbonyl (C=O) groups is 1. The van der Waals surface area contributed by atoms with Gasteiger partial charge in [-0.3, -0.25) is 0 Å². The van der Waals surface area contributed by atoms with E-state index in [4.69, 9.17) is 0 Å². The number of nitriles is 1. The lowest BCUT2D eigenvalue weighted by Crippen LogP contribution is -2.09. The Labute approximate surface area is 393 Å². The molecule has 9 heteroatoms. The average Bonchev–Trinajstić information content (AvgIpc) is 4.21. The highest BCUT2D eigenvalue weighted by molar-refractivity contribution is 7.28. The second kappa shape index (κ2) is 18.6. The SMILES string of the molecule is N#CC(=Cc1ccc(-c2cc(-c3ccc(-c4ccc(N(c5ccccc5)c5ccccc5)cc4)s3)c(-c3ccc(-c4ccc(N(c5ccccc5)c5ccccc5)cc4)s3)s2)s1)C(=O)O. The first-order valence-corrected chi connectivity index (χ1v) is 24.1. The largest absolute Gasteiger partial charge is 0.477 e. The molecule has 0 aliphatic rings. The standard InChI is InChI=1S/C56H37N3O2S4/c57-37-40(56(60)61)35-47-29-30-52(62-47)54-36-48(51-33-31-49(63-51)38-21-25-45(26-22-38)58(41-13-5-1-6-14-41)42-15-7-2-8-16-42)55(65-54)53-34-32-50(64-53)39-23-27-46(28-24-39)59(43-17-9-3-10-18-43)44-19-11-4-12-20-44/h1-36H,(H,60,61). The highest BCUT2D eigenvalue weighted by atomic mass is 32.1. The van der Waals surface area contributed by atoms with Crippen LogP contribution in [0, 0.1) is 11.3 Å². The van der Waals surface area contributed by atoms with Crippen LogP contribution in [0.25, 0.3) is 56.9 Å². The molecule has 0 bridgehead atoms. The molecule has 0 saturated carbocycles. The Balaban J connectivity index is 0.987. The number of carboxylic acids is 1. The molecule has 0 radical (unpaired) electrons. The molecule has 5 nitrogen and oxygen atoms in total. The molecule has 10 aromatic rings. The number of hydrogen-bond donors (Lipinski definition) is 1. The van der Waals surface area contributed by atoms with Gasteiger partial charge in [-0.25, -0.2) is 4.79 Å². The number of anilines is 6. The van der Waals surface area contributed by atoms with Crippen molar-refractivity contribution in [3.63, 3.8) is 0 Å². The number of benzene rings is 6. The average molecular weight is 912 g/mol. The molecule has 0 fully saturated rings. The third-order valence-electron chi connectivity index (χ3n) is 10.8. The van der Waals surface area contributed by atoms with Crippen molar-refractivity contribution in [1.82, 2.24) is 0 Å². The van der Waals surface area contributed by atoms with E-state index in [0.717, 1.165) is 70.3 Å². The summed E-state index contributed by atoms with van der Waals surface area (Å²) in [6, 6.07) is 76.1. The summed E-state index contributed by atoms with van der Waals surface area (Å²) >= 11 is 6.77. The fraction of sp³-hybridized carbons (Fsp3) is 0. The number of rotatable bonds is 13. The van der Waals surface area contributed by atoms with Crippen LogP contribution in [0.15, 0.2) is 218 Å². The van der Waals surface area contributed by atoms with E-state index >= 15 is 0 Å². The van der Waals surface area contributed by atoms with E-state index in [1.54, 1.807) is 40.1 Å². The van der Waals surface area contributed by atoms with Gasteiger partial charge in [-0.05, 0) is 132 Å². The Morgan fingerprint density at radius 3 is 1.28 bits per heavy atom. The van der Waals surface area contributed by atoms with Crippen molar-refractivity contribution in [2.45, 2.75) is 0 Å². The second-order valence-electron chi connectivity index (χ2n) is 15.0. The van der Waals surface area contributed by atoms with Gasteiger partial charge in [0.15, 0.2) is 0 Å². The molecule has 65 heavy (non-hydrogen) atoms. The van der Waals surface area contributed by atoms with E-state index in [0.29, 0.717) is 0 Å². The van der Waals surface area contributed by atoms with Crippen molar-refractivity contribution in [1.29, 1.82) is 5.26 Å². The van der Waals surface area contributed by atoms with Gasteiger partial charge in [-0.1, -0.05) is 97.1 Å². The number of thiophene rings is 4. The Kier molecular flexibility index (Phi) is 11.9. The molecular formula is C56H37N3O2S4. The van der Waals surface area contributed by atoms with E-state index < -0.39 is 5.97 Å². The third-order valence-corrected chi connectivity index (χ3v) is 15.7. The van der Waals surface area contributed by atoms with Crippen molar-refractivity contribution in [3.05, 3.63) is 223 Å². The van der Waals surface area contributed by atoms with Crippen molar-refractivity contribution < 1.29 is 9.90 Å². The summed E-state index contributed by atoms with van der Waals surface area (Å²) < 4.78 is 0. The van der Waals surface area contributed by atoms with Crippen LogP contribution >= 0.6 is 45.3 Å². The predicted octanol–water partition coefficient (Wildman–Crippen LogP) is 17.2. The van der Waals surface area contributed by atoms with Crippen LogP contribution in [0.3, 0.4) is 0 Å². The molecule has 0 atom stereocenters. The summed E-state index contributed by atoms with van der Waals surface area (Å²) in [7, 11) is 0. The topological polar surface area (TPSA) is 67.6 Å². The van der Waals surface area contributed by atoms with Crippen LogP contribution in [-0.2, 0) is 4.79 Å². The molecule has 6 aromatic carbocycles. The second-order valence-corrected chi connectivity index (χ2v) is 19.3. The van der Waals surface area contributed by atoms with Gasteiger partial charge in [0.25, 0.3) is 0 Å². The zero-order valence-electron chi connectivity index (χ0n) is 34.6. The first kappa shape index (κ1) is 41.4. The lowest BCUT2D eigenvalue weighted by Gasteiger charge is -2.25. The van der Waals surface area contributed by atoms with Crippen molar-refractivity contribution in [2.24, 2.45) is 0 Å². The zero-order valence-corrected chi connectivity index (χ0v) is 37.9. The number of hydrogen-bond acceptors (Lipinski definition) is 8. The minimum Gasteiger partial charge on any atom is -0.477 e. The molecule has 0 unspecified atom stereocenters. The molecule has 0 aliphatic heterocycles. The Bertz CT molecular complexity index is 3030. The van der Waals surface area contributed by atoms with Gasteiger partial charge in [0.05, 0.1) is 4.88 Å². The van der Waals surface area contributed by atoms with Gasteiger partial charge >= 0.3 is 5.97 Å². The Morgan fingerprint density at radius 2 is 0.831 bits per heavy atom. The minimum atomic E-state index is -1.23.